The molecule has 1 aliphatic carbocycles. The van der Waals surface area contributed by atoms with Gasteiger partial charge in [-0.3, -0.25) is 4.79 Å². The highest BCUT2D eigenvalue weighted by atomic mass is 32.2. The Hall–Kier alpha value is -0.990. The van der Waals surface area contributed by atoms with Crippen LogP contribution in [0.1, 0.15) is 41.0 Å². The van der Waals surface area contributed by atoms with Crippen LogP contribution in [-0.4, -0.2) is 34.6 Å². The van der Waals surface area contributed by atoms with Gasteiger partial charge in [-0.25, -0.2) is 0 Å². The Balaban J connectivity index is 3.14. The first kappa shape index (κ1) is 22.1. The average molecular weight is 381 g/mol. The first-order valence-corrected chi connectivity index (χ1v) is 9.15. The van der Waals surface area contributed by atoms with Crippen LogP contribution in [0.2, 0.25) is 0 Å². The van der Waals surface area contributed by atoms with Crippen LogP contribution in [-0.2, 0) is 20.9 Å². The van der Waals surface area contributed by atoms with Crippen LogP contribution >= 0.6 is 0 Å². The van der Waals surface area contributed by atoms with Gasteiger partial charge in [0, 0.05) is 22.9 Å². The fourth-order valence-electron chi connectivity index (χ4n) is 2.86. The largest absolute Gasteiger partial charge is 0.598 e. The predicted octanol–water partition coefficient (Wildman–Crippen LogP) is 3.67. The number of halogens is 3. The van der Waals surface area contributed by atoms with Crippen molar-refractivity contribution in [3.05, 3.63) is 23.3 Å². The molecule has 0 amide bonds. The van der Waals surface area contributed by atoms with Gasteiger partial charge in [-0.05, 0) is 39.2 Å². The van der Waals surface area contributed by atoms with Gasteiger partial charge in [0.2, 0.25) is 0 Å². The first-order valence-electron chi connectivity index (χ1n) is 8.00. The molecule has 0 heterocycles. The van der Waals surface area contributed by atoms with Crippen LogP contribution < -0.4 is 4.72 Å². The van der Waals surface area contributed by atoms with Crippen molar-refractivity contribution in [1.29, 1.82) is 0 Å². The van der Waals surface area contributed by atoms with Crippen LogP contribution in [0, 0.1) is 11.8 Å². The summed E-state index contributed by atoms with van der Waals surface area (Å²) in [6, 6.07) is -0.732. The minimum atomic E-state index is -4.45. The fourth-order valence-corrected chi connectivity index (χ4v) is 3.73. The Morgan fingerprint density at radius 3 is 2.40 bits per heavy atom. The molecule has 1 N–H and O–H groups in total. The summed E-state index contributed by atoms with van der Waals surface area (Å²) in [7, 11) is 1.21. The molecular weight excluding hydrogens is 355 g/mol. The molecule has 0 saturated heterocycles. The monoisotopic (exact) mass is 381 g/mol. The SMILES string of the molecule is COC(=O)C[C@H](N[S+]([O-])C(C)(C)C)C1C=CC(C)=C(C(F)(F)F)C1C. The van der Waals surface area contributed by atoms with Crippen molar-refractivity contribution < 1.29 is 27.3 Å². The zero-order valence-electron chi connectivity index (χ0n) is 15.4. The second-order valence-corrected chi connectivity index (χ2v) is 9.20. The number of carbonyl (C=O) groups is 1. The number of ether oxygens (including phenoxy) is 1. The molecule has 0 aromatic rings. The third kappa shape index (κ3) is 5.76. The van der Waals surface area contributed by atoms with Crippen molar-refractivity contribution in [3.8, 4) is 0 Å². The summed E-state index contributed by atoms with van der Waals surface area (Å²) in [6.07, 6.45) is -1.55. The molecule has 0 radical (unpaired) electrons. The number of hydrogen-bond donors (Lipinski definition) is 1. The van der Waals surface area contributed by atoms with Crippen molar-refractivity contribution in [2.45, 2.75) is 58.0 Å². The molecule has 1 aliphatic rings. The van der Waals surface area contributed by atoms with E-state index in [-0.39, 0.29) is 12.0 Å². The van der Waals surface area contributed by atoms with Crippen molar-refractivity contribution in [2.24, 2.45) is 11.8 Å². The molecule has 4 atom stereocenters. The number of methoxy groups -OCH3 is 1. The summed E-state index contributed by atoms with van der Waals surface area (Å²) in [5.41, 5.74) is -0.455. The second-order valence-electron chi connectivity index (χ2n) is 7.21. The zero-order chi connectivity index (χ0) is 19.6. The predicted molar refractivity (Wildman–Crippen MR) is 92.0 cm³/mol. The quantitative estimate of drug-likeness (QED) is 0.583. The molecule has 0 aliphatic heterocycles. The Labute approximate surface area is 150 Å². The molecule has 0 saturated carbocycles. The van der Waals surface area contributed by atoms with Gasteiger partial charge in [0.15, 0.2) is 0 Å². The topological polar surface area (TPSA) is 61.4 Å². The number of carbonyl (C=O) groups excluding carboxylic acids is 1. The summed E-state index contributed by atoms with van der Waals surface area (Å²) >= 11 is -1.53. The van der Waals surface area contributed by atoms with E-state index in [1.54, 1.807) is 26.8 Å². The van der Waals surface area contributed by atoms with E-state index in [1.165, 1.54) is 27.0 Å². The molecule has 3 unspecified atom stereocenters. The van der Waals surface area contributed by atoms with Gasteiger partial charge >= 0.3 is 12.1 Å². The van der Waals surface area contributed by atoms with Gasteiger partial charge < -0.3 is 9.29 Å². The van der Waals surface area contributed by atoms with Crippen LogP contribution in [0.5, 0.6) is 0 Å². The number of nitrogens with one attached hydrogen (secondary N) is 1. The van der Waals surface area contributed by atoms with E-state index >= 15 is 0 Å². The highest BCUT2D eigenvalue weighted by molar-refractivity contribution is 7.90. The van der Waals surface area contributed by atoms with Gasteiger partial charge in [0.25, 0.3) is 0 Å². The molecule has 25 heavy (non-hydrogen) atoms. The lowest BCUT2D eigenvalue weighted by Gasteiger charge is -2.36. The Kier molecular flexibility index (Phi) is 7.18. The van der Waals surface area contributed by atoms with Crippen LogP contribution in [0.3, 0.4) is 0 Å². The summed E-state index contributed by atoms with van der Waals surface area (Å²) in [5, 5.41) is 0. The molecule has 0 fully saturated rings. The summed E-state index contributed by atoms with van der Waals surface area (Å²) in [5.74, 6) is -2.07. The Bertz CT molecular complexity index is 552. The highest BCUT2D eigenvalue weighted by Crippen LogP contribution is 2.42. The van der Waals surface area contributed by atoms with E-state index in [4.69, 9.17) is 0 Å². The number of alkyl halides is 3. The van der Waals surface area contributed by atoms with E-state index in [9.17, 15) is 22.5 Å². The smallest absolute Gasteiger partial charge is 0.413 e. The highest BCUT2D eigenvalue weighted by Gasteiger charge is 2.45. The summed E-state index contributed by atoms with van der Waals surface area (Å²) < 4.78 is 59.5. The number of hydrogen-bond acceptors (Lipinski definition) is 4. The van der Waals surface area contributed by atoms with E-state index < -0.39 is 51.7 Å². The van der Waals surface area contributed by atoms with E-state index in [2.05, 4.69) is 9.46 Å². The number of esters is 1. The second kappa shape index (κ2) is 8.14. The molecule has 0 aromatic carbocycles. The van der Waals surface area contributed by atoms with Crippen molar-refractivity contribution in [3.63, 3.8) is 0 Å². The van der Waals surface area contributed by atoms with Crippen LogP contribution in [0.15, 0.2) is 23.3 Å². The number of rotatable bonds is 5. The maximum Gasteiger partial charge on any atom is 0.413 e. The minimum Gasteiger partial charge on any atom is -0.598 e. The van der Waals surface area contributed by atoms with Crippen LogP contribution in [0.25, 0.3) is 0 Å². The third-order valence-corrected chi connectivity index (χ3v) is 5.85. The van der Waals surface area contributed by atoms with Gasteiger partial charge in [0.05, 0.1) is 19.6 Å². The fraction of sp³-hybridized carbons (Fsp3) is 0.706. The van der Waals surface area contributed by atoms with Gasteiger partial charge in [0.1, 0.15) is 4.75 Å². The van der Waals surface area contributed by atoms with Gasteiger partial charge in [-0.15, -0.1) is 4.72 Å². The summed E-state index contributed by atoms with van der Waals surface area (Å²) in [4.78, 5) is 11.7. The first-order chi connectivity index (χ1) is 11.3. The molecular formula is C17H26F3NO3S. The lowest BCUT2D eigenvalue weighted by Crippen LogP contribution is -2.50. The molecule has 4 nitrogen and oxygen atoms in total. The normalized spacial score (nSPS) is 24.2. The maximum atomic E-state index is 13.4. The third-order valence-electron chi connectivity index (χ3n) is 4.22. The van der Waals surface area contributed by atoms with Gasteiger partial charge in [-0.2, -0.15) is 13.2 Å². The molecule has 0 spiro atoms. The lowest BCUT2D eigenvalue weighted by molar-refractivity contribution is -0.141. The molecule has 8 heteroatoms. The Morgan fingerprint density at radius 1 is 1.40 bits per heavy atom. The zero-order valence-corrected chi connectivity index (χ0v) is 16.2. The van der Waals surface area contributed by atoms with E-state index in [0.717, 1.165) is 0 Å². The minimum absolute atomic E-state index is 0.157. The van der Waals surface area contributed by atoms with Crippen LogP contribution in [0.4, 0.5) is 13.2 Å². The number of allylic oxidation sites excluding steroid dienone is 3. The van der Waals surface area contributed by atoms with Crippen molar-refractivity contribution >= 4 is 17.3 Å². The molecule has 0 aromatic heterocycles. The standard InChI is InChI=1S/C17H26F3NO3S/c1-10-7-8-12(11(2)15(10)17(18,19)20)13(9-14(22)24-6)21-25(23)16(3,4)5/h7-8,11-13,21H,9H2,1-6H3/t11?,12?,13-,25?/m0/s1. The van der Waals surface area contributed by atoms with Gasteiger partial charge in [-0.1, -0.05) is 19.1 Å². The molecule has 144 valence electrons. The lowest BCUT2D eigenvalue weighted by atomic mass is 9.76. The Morgan fingerprint density at radius 2 is 1.96 bits per heavy atom. The average Bonchev–Trinajstić information content (AvgIpc) is 2.44. The summed E-state index contributed by atoms with van der Waals surface area (Å²) in [6.45, 7) is 8.14. The maximum absolute atomic E-state index is 13.4. The van der Waals surface area contributed by atoms with E-state index in [0.29, 0.717) is 0 Å². The molecule has 0 bridgehead atoms. The van der Waals surface area contributed by atoms with Crippen molar-refractivity contribution in [1.82, 2.24) is 4.72 Å². The molecule has 1 rings (SSSR count). The van der Waals surface area contributed by atoms with Crippen molar-refractivity contribution in [2.75, 3.05) is 7.11 Å². The van der Waals surface area contributed by atoms with E-state index in [1.807, 2.05) is 0 Å².